The van der Waals surface area contributed by atoms with Crippen molar-refractivity contribution in [2.45, 2.75) is 12.3 Å². The second kappa shape index (κ2) is 4.99. The number of hydrogen-bond donors (Lipinski definition) is 0. The van der Waals surface area contributed by atoms with E-state index in [2.05, 4.69) is 0 Å². The summed E-state index contributed by atoms with van der Waals surface area (Å²) in [5.74, 6) is -1.66. The highest BCUT2D eigenvalue weighted by Crippen LogP contribution is 2.59. The van der Waals surface area contributed by atoms with Gasteiger partial charge in [-0.3, -0.25) is 4.57 Å². The molecule has 0 radical (unpaired) electrons. The normalized spacial score (nSPS) is 16.6. The summed E-state index contributed by atoms with van der Waals surface area (Å²) in [6, 6.07) is 0. The molecule has 1 nitrogen and oxygen atoms in total. The maximum Gasteiger partial charge on any atom is 0.274 e. The molecule has 0 aromatic rings. The van der Waals surface area contributed by atoms with E-state index in [1.807, 2.05) is 0 Å². The van der Waals surface area contributed by atoms with Crippen LogP contribution in [0.5, 0.6) is 0 Å². The van der Waals surface area contributed by atoms with E-state index in [0.29, 0.717) is 5.57 Å². The third-order valence-corrected chi connectivity index (χ3v) is 3.24. The summed E-state index contributed by atoms with van der Waals surface area (Å²) >= 11 is 21.7. The highest BCUT2D eigenvalue weighted by Gasteiger charge is 2.13. The van der Waals surface area contributed by atoms with Gasteiger partial charge in [0, 0.05) is 11.7 Å². The molecule has 6 heteroatoms. The number of halogens is 4. The molecule has 0 heterocycles. The van der Waals surface area contributed by atoms with Crippen LogP contribution in [0.3, 0.4) is 0 Å². The third-order valence-electron chi connectivity index (χ3n) is 0.983. The predicted octanol–water partition coefficient (Wildman–Crippen LogP) is 4.41. The van der Waals surface area contributed by atoms with Crippen molar-refractivity contribution in [1.29, 1.82) is 0 Å². The molecule has 0 bridgehead atoms. The summed E-state index contributed by atoms with van der Waals surface area (Å²) in [6.45, 7) is 1.68. The van der Waals surface area contributed by atoms with E-state index in [9.17, 15) is 4.57 Å². The van der Waals surface area contributed by atoms with E-state index in [1.54, 1.807) is 6.92 Å². The fraction of sp³-hybridized carbons (Fsp3) is 0.600. The quantitative estimate of drug-likeness (QED) is 0.539. The monoisotopic (exact) mass is 254 g/mol. The van der Waals surface area contributed by atoms with Crippen LogP contribution in [0.1, 0.15) is 6.92 Å². The van der Waals surface area contributed by atoms with Gasteiger partial charge in [0.25, 0.3) is 5.85 Å². The van der Waals surface area contributed by atoms with Crippen LogP contribution >= 0.6 is 51.5 Å². The van der Waals surface area contributed by atoms with E-state index >= 15 is 0 Å². The van der Waals surface area contributed by atoms with Crippen LogP contribution in [0.4, 0.5) is 0 Å². The fourth-order valence-corrected chi connectivity index (χ4v) is 2.41. The van der Waals surface area contributed by atoms with Crippen molar-refractivity contribution in [2.75, 3.05) is 5.88 Å². The third kappa shape index (κ3) is 6.31. The molecule has 0 aromatic carbocycles. The molecule has 0 N–H and O–H groups in total. The standard InChI is InChI=1S/C5H7Cl4OP/c1-4(5(7)2-6)3-11(8,9)10/h3,5H,2H2,1H3/b4-3+. The van der Waals surface area contributed by atoms with Crippen LogP contribution < -0.4 is 0 Å². The summed E-state index contributed by atoms with van der Waals surface area (Å²) < 4.78 is 10.8. The Balaban J connectivity index is 4.34. The number of alkyl halides is 2. The molecule has 0 aliphatic heterocycles. The lowest BCUT2D eigenvalue weighted by molar-refractivity contribution is 0.597. The van der Waals surface area contributed by atoms with Crippen molar-refractivity contribution in [3.8, 4) is 0 Å². The molecule has 0 aromatic heterocycles. The molecule has 0 aliphatic rings. The molecule has 0 saturated carbocycles. The largest absolute Gasteiger partial charge is 0.285 e. The zero-order valence-electron chi connectivity index (χ0n) is 5.73. The Morgan fingerprint density at radius 2 is 2.09 bits per heavy atom. The molecule has 0 rings (SSSR count). The van der Waals surface area contributed by atoms with Gasteiger partial charge in [-0.1, -0.05) is 0 Å². The Labute approximate surface area is 85.6 Å². The zero-order chi connectivity index (χ0) is 9.07. The van der Waals surface area contributed by atoms with E-state index < -0.39 is 5.85 Å². The summed E-state index contributed by atoms with van der Waals surface area (Å²) in [7, 11) is 0. The van der Waals surface area contributed by atoms with Gasteiger partial charge >= 0.3 is 0 Å². The summed E-state index contributed by atoms with van der Waals surface area (Å²) in [4.78, 5) is 0. The van der Waals surface area contributed by atoms with E-state index in [1.165, 1.54) is 5.82 Å². The lowest BCUT2D eigenvalue weighted by Crippen LogP contribution is -2.00. The maximum atomic E-state index is 10.8. The minimum absolute atomic E-state index is 0.248. The van der Waals surface area contributed by atoms with Gasteiger partial charge in [-0.25, -0.2) is 0 Å². The molecule has 0 aliphatic carbocycles. The van der Waals surface area contributed by atoms with Crippen LogP contribution in [0, 0.1) is 0 Å². The molecule has 1 atom stereocenters. The topological polar surface area (TPSA) is 17.1 Å². The first kappa shape index (κ1) is 12.1. The molecule has 0 amide bonds. The Kier molecular flexibility index (Phi) is 5.50. The van der Waals surface area contributed by atoms with Crippen LogP contribution in [-0.4, -0.2) is 11.3 Å². The van der Waals surface area contributed by atoms with E-state index in [4.69, 9.17) is 45.7 Å². The smallest absolute Gasteiger partial charge is 0.274 e. The number of rotatable bonds is 3. The molecular formula is C5H7Cl4OP. The fourth-order valence-electron chi connectivity index (χ4n) is 0.440. The lowest BCUT2D eigenvalue weighted by Gasteiger charge is -2.05. The Morgan fingerprint density at radius 3 is 2.36 bits per heavy atom. The highest BCUT2D eigenvalue weighted by atomic mass is 35.9. The SMILES string of the molecule is C/C(=C\P(=O)(Cl)Cl)C(Cl)CCl. The minimum atomic E-state index is -3.15. The van der Waals surface area contributed by atoms with Gasteiger partial charge in [0.05, 0.1) is 5.38 Å². The van der Waals surface area contributed by atoms with Gasteiger partial charge in [-0.05, 0) is 35.0 Å². The Hall–Kier alpha value is 1.13. The number of hydrogen-bond acceptors (Lipinski definition) is 1. The van der Waals surface area contributed by atoms with Gasteiger partial charge in [0.1, 0.15) is 0 Å². The molecule has 11 heavy (non-hydrogen) atoms. The molecular weight excluding hydrogens is 249 g/mol. The van der Waals surface area contributed by atoms with Crippen molar-refractivity contribution in [1.82, 2.24) is 0 Å². The predicted molar refractivity (Wildman–Crippen MR) is 53.4 cm³/mol. The summed E-state index contributed by atoms with van der Waals surface area (Å²) in [5, 5.41) is -0.359. The van der Waals surface area contributed by atoms with Crippen LogP contribution in [0.15, 0.2) is 11.4 Å². The second-order valence-electron chi connectivity index (χ2n) is 2.00. The maximum absolute atomic E-state index is 10.8. The van der Waals surface area contributed by atoms with E-state index in [-0.39, 0.29) is 11.3 Å². The van der Waals surface area contributed by atoms with Crippen molar-refractivity contribution in [3.05, 3.63) is 11.4 Å². The summed E-state index contributed by atoms with van der Waals surface area (Å²) in [6.07, 6.45) is 0. The first-order valence-corrected chi connectivity index (χ1v) is 7.31. The Morgan fingerprint density at radius 1 is 1.64 bits per heavy atom. The Bertz CT molecular complexity index is 197. The van der Waals surface area contributed by atoms with Crippen LogP contribution in [0.2, 0.25) is 0 Å². The molecule has 0 saturated heterocycles. The average Bonchev–Trinajstić information content (AvgIpc) is 1.82. The van der Waals surface area contributed by atoms with Gasteiger partial charge in [0.15, 0.2) is 0 Å². The highest BCUT2D eigenvalue weighted by molar-refractivity contribution is 8.10. The first-order valence-electron chi connectivity index (χ1n) is 2.75. The number of allylic oxidation sites excluding steroid dienone is 1. The average molecular weight is 256 g/mol. The zero-order valence-corrected chi connectivity index (χ0v) is 9.65. The lowest BCUT2D eigenvalue weighted by atomic mass is 10.3. The second-order valence-corrected chi connectivity index (χ2v) is 7.63. The van der Waals surface area contributed by atoms with Gasteiger partial charge in [-0.2, -0.15) is 0 Å². The van der Waals surface area contributed by atoms with Crippen molar-refractivity contribution >= 4 is 51.5 Å². The van der Waals surface area contributed by atoms with Gasteiger partial charge in [0.2, 0.25) is 0 Å². The minimum Gasteiger partial charge on any atom is -0.285 e. The van der Waals surface area contributed by atoms with Gasteiger partial charge < -0.3 is 0 Å². The molecule has 0 spiro atoms. The van der Waals surface area contributed by atoms with Gasteiger partial charge in [-0.15, -0.1) is 23.2 Å². The van der Waals surface area contributed by atoms with E-state index in [0.717, 1.165) is 0 Å². The van der Waals surface area contributed by atoms with Crippen molar-refractivity contribution in [3.63, 3.8) is 0 Å². The van der Waals surface area contributed by atoms with Crippen molar-refractivity contribution in [2.24, 2.45) is 0 Å². The molecule has 66 valence electrons. The first-order chi connectivity index (χ1) is 4.87. The van der Waals surface area contributed by atoms with Crippen LogP contribution in [0.25, 0.3) is 0 Å². The van der Waals surface area contributed by atoms with Crippen molar-refractivity contribution < 1.29 is 4.57 Å². The summed E-state index contributed by atoms with van der Waals surface area (Å²) in [5.41, 5.74) is 0.634. The molecule has 0 fully saturated rings. The van der Waals surface area contributed by atoms with Crippen LogP contribution in [-0.2, 0) is 4.57 Å². The molecule has 1 unspecified atom stereocenters.